The van der Waals surface area contributed by atoms with E-state index in [1.54, 1.807) is 18.5 Å². The van der Waals surface area contributed by atoms with E-state index < -0.39 is 0 Å². The van der Waals surface area contributed by atoms with Crippen molar-refractivity contribution in [2.45, 2.75) is 32.9 Å². The SMILES string of the molecule is C=C(NOC)c1ccnc(Nc2cc3ccn(CCO)c(=O)c3c(NC(C)(C)C)n2)c1. The molecule has 3 rings (SSSR count). The minimum atomic E-state index is -0.315. The van der Waals surface area contributed by atoms with E-state index in [-0.39, 0.29) is 24.2 Å². The Labute approximate surface area is 180 Å². The summed E-state index contributed by atoms with van der Waals surface area (Å²) < 4.78 is 1.48. The second-order valence-electron chi connectivity index (χ2n) is 8.07. The van der Waals surface area contributed by atoms with E-state index in [1.165, 1.54) is 11.7 Å². The van der Waals surface area contributed by atoms with Crippen molar-refractivity contribution in [3.63, 3.8) is 0 Å². The highest BCUT2D eigenvalue weighted by Crippen LogP contribution is 2.26. The summed E-state index contributed by atoms with van der Waals surface area (Å²) in [5, 5.41) is 17.0. The summed E-state index contributed by atoms with van der Waals surface area (Å²) in [5.74, 6) is 1.57. The van der Waals surface area contributed by atoms with Gasteiger partial charge < -0.3 is 20.3 Å². The summed E-state index contributed by atoms with van der Waals surface area (Å²) in [6.45, 7) is 10.0. The second-order valence-corrected chi connectivity index (χ2v) is 8.07. The van der Waals surface area contributed by atoms with Gasteiger partial charge in [0.1, 0.15) is 17.5 Å². The summed E-state index contributed by atoms with van der Waals surface area (Å²) in [7, 11) is 1.52. The summed E-state index contributed by atoms with van der Waals surface area (Å²) >= 11 is 0. The predicted octanol–water partition coefficient (Wildman–Crippen LogP) is 2.86. The average molecular weight is 425 g/mol. The number of aliphatic hydroxyl groups is 1. The molecular formula is C22H28N6O3. The molecule has 0 aliphatic heterocycles. The molecule has 3 aromatic heterocycles. The number of anilines is 3. The maximum atomic E-state index is 13.0. The third-order valence-corrected chi connectivity index (χ3v) is 4.38. The van der Waals surface area contributed by atoms with Crippen molar-refractivity contribution >= 4 is 33.9 Å². The molecule has 0 fully saturated rings. The van der Waals surface area contributed by atoms with Gasteiger partial charge in [0.25, 0.3) is 5.56 Å². The lowest BCUT2D eigenvalue weighted by molar-refractivity contribution is 0.137. The van der Waals surface area contributed by atoms with Gasteiger partial charge in [0.15, 0.2) is 0 Å². The summed E-state index contributed by atoms with van der Waals surface area (Å²) in [5.41, 5.74) is 3.58. The van der Waals surface area contributed by atoms with Crippen molar-refractivity contribution in [2.24, 2.45) is 0 Å². The smallest absolute Gasteiger partial charge is 0.262 e. The molecule has 0 unspecified atom stereocenters. The number of hydrogen-bond acceptors (Lipinski definition) is 8. The van der Waals surface area contributed by atoms with Crippen LogP contribution in [0.4, 0.5) is 17.5 Å². The van der Waals surface area contributed by atoms with E-state index in [1.807, 2.05) is 39.0 Å². The van der Waals surface area contributed by atoms with E-state index in [2.05, 4.69) is 32.7 Å². The molecule has 0 amide bonds. The van der Waals surface area contributed by atoms with Crippen LogP contribution >= 0.6 is 0 Å². The molecule has 0 aliphatic rings. The maximum Gasteiger partial charge on any atom is 0.262 e. The molecule has 9 heteroatoms. The van der Waals surface area contributed by atoms with E-state index in [0.717, 1.165) is 10.9 Å². The third-order valence-electron chi connectivity index (χ3n) is 4.38. The van der Waals surface area contributed by atoms with Gasteiger partial charge >= 0.3 is 0 Å². The molecule has 31 heavy (non-hydrogen) atoms. The van der Waals surface area contributed by atoms with Crippen molar-refractivity contribution in [3.05, 3.63) is 59.2 Å². The van der Waals surface area contributed by atoms with Gasteiger partial charge in [-0.3, -0.25) is 15.1 Å². The molecule has 0 aromatic carbocycles. The third kappa shape index (κ3) is 5.39. The van der Waals surface area contributed by atoms with Crippen LogP contribution in [-0.4, -0.2) is 38.9 Å². The van der Waals surface area contributed by atoms with Crippen molar-refractivity contribution in [1.29, 1.82) is 0 Å². The Bertz CT molecular complexity index is 1150. The molecule has 0 atom stereocenters. The van der Waals surface area contributed by atoms with Gasteiger partial charge in [-0.05, 0) is 50.4 Å². The first-order chi connectivity index (χ1) is 14.7. The van der Waals surface area contributed by atoms with E-state index in [9.17, 15) is 9.90 Å². The first-order valence-corrected chi connectivity index (χ1v) is 9.86. The molecule has 164 valence electrons. The normalized spacial score (nSPS) is 11.4. The summed E-state index contributed by atoms with van der Waals surface area (Å²) in [6, 6.07) is 7.26. The lowest BCUT2D eigenvalue weighted by Crippen LogP contribution is -2.29. The van der Waals surface area contributed by atoms with Gasteiger partial charge in [0.2, 0.25) is 0 Å². The zero-order chi connectivity index (χ0) is 22.6. The molecule has 0 saturated heterocycles. The van der Waals surface area contributed by atoms with Crippen molar-refractivity contribution in [3.8, 4) is 0 Å². The molecule has 9 nitrogen and oxygen atoms in total. The monoisotopic (exact) mass is 424 g/mol. The molecule has 0 radical (unpaired) electrons. The highest BCUT2D eigenvalue weighted by molar-refractivity contribution is 5.93. The Morgan fingerprint density at radius 2 is 2.03 bits per heavy atom. The molecule has 0 bridgehead atoms. The number of rotatable bonds is 8. The minimum absolute atomic E-state index is 0.119. The number of aliphatic hydroxyl groups excluding tert-OH is 1. The van der Waals surface area contributed by atoms with E-state index in [4.69, 9.17) is 4.84 Å². The number of hydrogen-bond donors (Lipinski definition) is 4. The molecule has 0 saturated carbocycles. The lowest BCUT2D eigenvalue weighted by atomic mass is 10.1. The Balaban J connectivity index is 2.06. The standard InChI is InChI=1S/C22H28N6O3/c1-14(27-31-5)15-6-8-23-17(12-15)24-18-13-16-7-9-28(10-11-29)21(30)19(16)20(25-18)26-22(2,3)4/h6-9,12-13,27,29H,1,10-11H2,2-5H3,(H2,23,24,25,26). The fraction of sp³-hybridized carbons (Fsp3) is 0.318. The molecule has 0 spiro atoms. The van der Waals surface area contributed by atoms with Crippen molar-refractivity contribution < 1.29 is 9.94 Å². The first kappa shape index (κ1) is 22.3. The molecule has 0 aliphatic carbocycles. The van der Waals surface area contributed by atoms with Crippen LogP contribution in [-0.2, 0) is 11.4 Å². The molecule has 4 N–H and O–H groups in total. The largest absolute Gasteiger partial charge is 0.395 e. The molecule has 3 aromatic rings. The number of hydroxylamine groups is 1. The fourth-order valence-electron chi connectivity index (χ4n) is 3.10. The highest BCUT2D eigenvalue weighted by Gasteiger charge is 2.17. The van der Waals surface area contributed by atoms with Crippen molar-refractivity contribution in [2.75, 3.05) is 24.4 Å². The Kier molecular flexibility index (Phi) is 6.57. The fourth-order valence-corrected chi connectivity index (χ4v) is 3.10. The van der Waals surface area contributed by atoms with Crippen molar-refractivity contribution in [1.82, 2.24) is 20.0 Å². The highest BCUT2D eigenvalue weighted by atomic mass is 16.6. The molecular weight excluding hydrogens is 396 g/mol. The van der Waals surface area contributed by atoms with Crippen LogP contribution in [0.2, 0.25) is 0 Å². The zero-order valence-electron chi connectivity index (χ0n) is 18.2. The number of nitrogens with one attached hydrogen (secondary N) is 3. The topological polar surface area (TPSA) is 113 Å². The quantitative estimate of drug-likeness (QED) is 0.408. The van der Waals surface area contributed by atoms with Gasteiger partial charge in [-0.1, -0.05) is 6.58 Å². The summed E-state index contributed by atoms with van der Waals surface area (Å²) in [6.07, 6.45) is 3.33. The number of fused-ring (bicyclic) bond motifs is 1. The van der Waals surface area contributed by atoms with Gasteiger partial charge in [-0.2, -0.15) is 0 Å². The first-order valence-electron chi connectivity index (χ1n) is 9.86. The van der Waals surface area contributed by atoms with Gasteiger partial charge in [-0.15, -0.1) is 0 Å². The van der Waals surface area contributed by atoms with Crippen LogP contribution in [0.3, 0.4) is 0 Å². The Hall–Kier alpha value is -3.43. The Morgan fingerprint density at radius 3 is 2.71 bits per heavy atom. The van der Waals surface area contributed by atoms with E-state index in [0.29, 0.717) is 28.5 Å². The number of pyridine rings is 3. The van der Waals surface area contributed by atoms with Crippen LogP contribution in [0.5, 0.6) is 0 Å². The number of nitrogens with zero attached hydrogens (tertiary/aromatic N) is 3. The van der Waals surface area contributed by atoms with Crippen LogP contribution in [0.15, 0.2) is 48.0 Å². The predicted molar refractivity (Wildman–Crippen MR) is 123 cm³/mol. The average Bonchev–Trinajstić information content (AvgIpc) is 2.69. The van der Waals surface area contributed by atoms with Gasteiger partial charge in [-0.25, -0.2) is 9.97 Å². The van der Waals surface area contributed by atoms with Crippen LogP contribution in [0, 0.1) is 0 Å². The second kappa shape index (κ2) is 9.15. The van der Waals surface area contributed by atoms with E-state index >= 15 is 0 Å². The van der Waals surface area contributed by atoms with Gasteiger partial charge in [0, 0.05) is 30.0 Å². The molecule has 3 heterocycles. The Morgan fingerprint density at radius 1 is 1.26 bits per heavy atom. The van der Waals surface area contributed by atoms with Gasteiger partial charge in [0.05, 0.1) is 24.8 Å². The zero-order valence-corrected chi connectivity index (χ0v) is 18.2. The maximum absolute atomic E-state index is 13.0. The van der Waals surface area contributed by atoms with Crippen LogP contribution in [0.1, 0.15) is 26.3 Å². The lowest BCUT2D eigenvalue weighted by Gasteiger charge is -2.23. The van der Waals surface area contributed by atoms with Crippen LogP contribution in [0.25, 0.3) is 16.5 Å². The number of aromatic nitrogens is 3. The summed E-state index contributed by atoms with van der Waals surface area (Å²) in [4.78, 5) is 26.9. The van der Waals surface area contributed by atoms with Crippen LogP contribution < -0.4 is 21.7 Å². The minimum Gasteiger partial charge on any atom is -0.395 e.